The predicted octanol–water partition coefficient (Wildman–Crippen LogP) is 1.81. The lowest BCUT2D eigenvalue weighted by Gasteiger charge is -2.31. The number of rotatable bonds is 5. The molecule has 102 valence electrons. The van der Waals surface area contributed by atoms with Crippen LogP contribution < -0.4 is 0 Å². The molecule has 0 aromatic carbocycles. The Hall–Kier alpha value is -1.52. The molecule has 0 atom stereocenters. The summed E-state index contributed by atoms with van der Waals surface area (Å²) < 4.78 is 15.1. The Morgan fingerprint density at radius 3 is 2.11 bits per heavy atom. The van der Waals surface area contributed by atoms with E-state index in [0.717, 1.165) is 5.76 Å². The SMILES string of the molecule is CCOC(=O)C1(C(=O)OCC)CC=C(OC)CC1. The molecule has 18 heavy (non-hydrogen) atoms. The van der Waals surface area contributed by atoms with Gasteiger partial charge < -0.3 is 14.2 Å². The summed E-state index contributed by atoms with van der Waals surface area (Å²) in [5.41, 5.74) is -1.20. The molecule has 0 bridgehead atoms. The van der Waals surface area contributed by atoms with E-state index in [1.54, 1.807) is 27.0 Å². The van der Waals surface area contributed by atoms with Gasteiger partial charge in [0.2, 0.25) is 0 Å². The minimum atomic E-state index is -1.20. The summed E-state index contributed by atoms with van der Waals surface area (Å²) in [4.78, 5) is 24.1. The van der Waals surface area contributed by atoms with E-state index in [4.69, 9.17) is 14.2 Å². The fourth-order valence-corrected chi connectivity index (χ4v) is 2.01. The first-order valence-corrected chi connectivity index (χ1v) is 6.18. The maximum Gasteiger partial charge on any atom is 0.323 e. The van der Waals surface area contributed by atoms with Crippen LogP contribution in [0.15, 0.2) is 11.8 Å². The van der Waals surface area contributed by atoms with Crippen molar-refractivity contribution >= 4 is 11.9 Å². The molecule has 0 aliphatic heterocycles. The Kier molecular flexibility index (Phi) is 5.19. The standard InChI is InChI=1S/C13H20O5/c1-4-17-11(14)13(12(15)18-5-2)8-6-10(16-3)7-9-13/h6H,4-5,7-9H2,1-3H3. The van der Waals surface area contributed by atoms with Crippen molar-refractivity contribution < 1.29 is 23.8 Å². The lowest BCUT2D eigenvalue weighted by molar-refractivity contribution is -0.173. The first-order chi connectivity index (χ1) is 8.60. The molecule has 0 heterocycles. The van der Waals surface area contributed by atoms with Crippen molar-refractivity contribution in [3.63, 3.8) is 0 Å². The molecule has 0 unspecified atom stereocenters. The Morgan fingerprint density at radius 2 is 1.78 bits per heavy atom. The molecule has 1 aliphatic rings. The second-order valence-corrected chi connectivity index (χ2v) is 4.10. The molecule has 0 radical (unpaired) electrons. The molecule has 0 saturated carbocycles. The number of hydrogen-bond donors (Lipinski definition) is 0. The van der Waals surface area contributed by atoms with Gasteiger partial charge >= 0.3 is 11.9 Å². The zero-order valence-electron chi connectivity index (χ0n) is 11.2. The van der Waals surface area contributed by atoms with Crippen molar-refractivity contribution in [1.29, 1.82) is 0 Å². The van der Waals surface area contributed by atoms with Gasteiger partial charge in [0.25, 0.3) is 0 Å². The fourth-order valence-electron chi connectivity index (χ4n) is 2.01. The van der Waals surface area contributed by atoms with E-state index < -0.39 is 17.4 Å². The third-order valence-electron chi connectivity index (χ3n) is 3.07. The van der Waals surface area contributed by atoms with Crippen LogP contribution >= 0.6 is 0 Å². The Labute approximate surface area is 107 Å². The normalized spacial score (nSPS) is 17.6. The van der Waals surface area contributed by atoms with Crippen molar-refractivity contribution in [3.05, 3.63) is 11.8 Å². The van der Waals surface area contributed by atoms with E-state index in [1.807, 2.05) is 0 Å². The van der Waals surface area contributed by atoms with Crippen LogP contribution in [0.5, 0.6) is 0 Å². The van der Waals surface area contributed by atoms with Gasteiger partial charge in [-0.05, 0) is 32.8 Å². The van der Waals surface area contributed by atoms with Crippen LogP contribution in [0, 0.1) is 5.41 Å². The van der Waals surface area contributed by atoms with E-state index >= 15 is 0 Å². The molecular weight excluding hydrogens is 236 g/mol. The van der Waals surface area contributed by atoms with Gasteiger partial charge in [0.1, 0.15) is 0 Å². The summed E-state index contributed by atoms with van der Waals surface area (Å²) in [6.45, 7) is 3.94. The highest BCUT2D eigenvalue weighted by Crippen LogP contribution is 2.38. The molecule has 0 aromatic heterocycles. The number of ether oxygens (including phenoxy) is 3. The van der Waals surface area contributed by atoms with Crippen LogP contribution in [0.25, 0.3) is 0 Å². The highest BCUT2D eigenvalue weighted by Gasteiger charge is 2.49. The van der Waals surface area contributed by atoms with E-state index in [1.165, 1.54) is 0 Å². The van der Waals surface area contributed by atoms with Gasteiger partial charge in [-0.2, -0.15) is 0 Å². The van der Waals surface area contributed by atoms with Gasteiger partial charge in [0.05, 0.1) is 26.1 Å². The van der Waals surface area contributed by atoms with Crippen LogP contribution in [0.2, 0.25) is 0 Å². The molecule has 0 N–H and O–H groups in total. The van der Waals surface area contributed by atoms with Crippen LogP contribution in [-0.2, 0) is 23.8 Å². The second-order valence-electron chi connectivity index (χ2n) is 4.10. The van der Waals surface area contributed by atoms with E-state index in [0.29, 0.717) is 12.8 Å². The monoisotopic (exact) mass is 256 g/mol. The number of carbonyl (C=O) groups is 2. The minimum absolute atomic E-state index is 0.251. The van der Waals surface area contributed by atoms with Crippen molar-refractivity contribution in [2.45, 2.75) is 33.1 Å². The first-order valence-electron chi connectivity index (χ1n) is 6.18. The molecule has 0 amide bonds. The number of hydrogen-bond acceptors (Lipinski definition) is 5. The van der Waals surface area contributed by atoms with Gasteiger partial charge in [0, 0.05) is 6.42 Å². The van der Waals surface area contributed by atoms with E-state index in [-0.39, 0.29) is 19.6 Å². The zero-order valence-corrected chi connectivity index (χ0v) is 11.2. The Balaban J connectivity index is 2.93. The molecule has 5 nitrogen and oxygen atoms in total. The number of carbonyl (C=O) groups excluding carboxylic acids is 2. The summed E-state index contributed by atoms with van der Waals surface area (Å²) in [5, 5.41) is 0. The van der Waals surface area contributed by atoms with Gasteiger partial charge in [-0.3, -0.25) is 9.59 Å². The smallest absolute Gasteiger partial charge is 0.323 e. The van der Waals surface area contributed by atoms with Gasteiger partial charge in [-0.1, -0.05) is 0 Å². The lowest BCUT2D eigenvalue weighted by Crippen LogP contribution is -2.43. The van der Waals surface area contributed by atoms with Gasteiger partial charge in [-0.25, -0.2) is 0 Å². The molecule has 1 aliphatic carbocycles. The number of methoxy groups -OCH3 is 1. The van der Waals surface area contributed by atoms with Crippen LogP contribution in [0.4, 0.5) is 0 Å². The lowest BCUT2D eigenvalue weighted by atomic mass is 9.76. The summed E-state index contributed by atoms with van der Waals surface area (Å²) in [7, 11) is 1.58. The third kappa shape index (κ3) is 2.83. The maximum atomic E-state index is 12.0. The summed E-state index contributed by atoms with van der Waals surface area (Å²) in [5.74, 6) is -0.219. The van der Waals surface area contributed by atoms with Crippen LogP contribution in [0.1, 0.15) is 33.1 Å². The second kappa shape index (κ2) is 6.42. The predicted molar refractivity (Wildman–Crippen MR) is 64.6 cm³/mol. The Bertz CT molecular complexity index is 327. The molecule has 1 rings (SSSR count). The molecule has 0 spiro atoms. The minimum Gasteiger partial charge on any atom is -0.501 e. The van der Waals surface area contributed by atoms with Crippen LogP contribution in [0.3, 0.4) is 0 Å². The number of esters is 2. The zero-order chi connectivity index (χ0) is 13.6. The quantitative estimate of drug-likeness (QED) is 0.554. The molecule has 0 fully saturated rings. The van der Waals surface area contributed by atoms with Crippen molar-refractivity contribution in [2.75, 3.05) is 20.3 Å². The Morgan fingerprint density at radius 1 is 1.22 bits per heavy atom. The summed E-state index contributed by atoms with van der Waals surface area (Å²) in [6, 6.07) is 0. The van der Waals surface area contributed by atoms with Gasteiger partial charge in [-0.15, -0.1) is 0 Å². The van der Waals surface area contributed by atoms with Gasteiger partial charge in [0.15, 0.2) is 5.41 Å². The van der Waals surface area contributed by atoms with E-state index in [2.05, 4.69) is 0 Å². The summed E-state index contributed by atoms with van der Waals surface area (Å²) >= 11 is 0. The van der Waals surface area contributed by atoms with Crippen molar-refractivity contribution in [2.24, 2.45) is 5.41 Å². The fraction of sp³-hybridized carbons (Fsp3) is 0.692. The largest absolute Gasteiger partial charge is 0.501 e. The topological polar surface area (TPSA) is 61.8 Å². The highest BCUT2D eigenvalue weighted by atomic mass is 16.6. The highest BCUT2D eigenvalue weighted by molar-refractivity contribution is 6.00. The van der Waals surface area contributed by atoms with Crippen molar-refractivity contribution in [1.82, 2.24) is 0 Å². The molecular formula is C13H20O5. The van der Waals surface area contributed by atoms with Crippen molar-refractivity contribution in [3.8, 4) is 0 Å². The molecule has 0 saturated heterocycles. The van der Waals surface area contributed by atoms with Crippen LogP contribution in [-0.4, -0.2) is 32.3 Å². The molecule has 5 heteroatoms. The maximum absolute atomic E-state index is 12.0. The average molecular weight is 256 g/mol. The van der Waals surface area contributed by atoms with E-state index in [9.17, 15) is 9.59 Å². The summed E-state index contributed by atoms with van der Waals surface area (Å²) in [6.07, 6.45) is 2.93. The number of allylic oxidation sites excluding steroid dienone is 2. The first kappa shape index (κ1) is 14.5. The molecule has 0 aromatic rings. The average Bonchev–Trinajstić information content (AvgIpc) is 2.39. The third-order valence-corrected chi connectivity index (χ3v) is 3.07.